The topological polar surface area (TPSA) is 52.6 Å². The quantitative estimate of drug-likeness (QED) is 0.780. The molecule has 1 aromatic rings. The third-order valence-electron chi connectivity index (χ3n) is 2.30. The maximum Gasteiger partial charge on any atom is 0.261 e. The highest BCUT2D eigenvalue weighted by Crippen LogP contribution is 2.21. The Balaban J connectivity index is 2.07. The third kappa shape index (κ3) is 2.87. The molecule has 1 atom stereocenters. The zero-order valence-corrected chi connectivity index (χ0v) is 10.00. The van der Waals surface area contributed by atoms with E-state index in [0.29, 0.717) is 19.0 Å². The summed E-state index contributed by atoms with van der Waals surface area (Å²) in [5, 5.41) is 0. The van der Waals surface area contributed by atoms with Gasteiger partial charge in [-0.25, -0.2) is 8.42 Å². The van der Waals surface area contributed by atoms with Crippen LogP contribution in [0.15, 0.2) is 29.2 Å². The van der Waals surface area contributed by atoms with Crippen LogP contribution in [0.2, 0.25) is 0 Å². The molecule has 0 saturated carbocycles. The highest BCUT2D eigenvalue weighted by Gasteiger charge is 2.17. The molecule has 1 fully saturated rings. The van der Waals surface area contributed by atoms with Gasteiger partial charge in [-0.3, -0.25) is 0 Å². The van der Waals surface area contributed by atoms with Crippen molar-refractivity contribution in [1.82, 2.24) is 0 Å². The maximum atomic E-state index is 11.0. The van der Waals surface area contributed by atoms with Gasteiger partial charge in [-0.1, -0.05) is 0 Å². The fourth-order valence-electron chi connectivity index (χ4n) is 1.48. The molecule has 4 nitrogen and oxygen atoms in total. The second kappa shape index (κ2) is 4.61. The number of hydrogen-bond acceptors (Lipinski definition) is 4. The standard InChI is InChI=1S/C10H11ClO4S/c11-16(12,13)10-3-1-8(2-4-10)15-9-5-6-14-7-9/h1-4,9H,5-7H2. The van der Waals surface area contributed by atoms with E-state index < -0.39 is 9.05 Å². The van der Waals surface area contributed by atoms with Gasteiger partial charge in [-0.05, 0) is 24.3 Å². The van der Waals surface area contributed by atoms with Crippen molar-refractivity contribution in [3.63, 3.8) is 0 Å². The van der Waals surface area contributed by atoms with Crippen molar-refractivity contribution in [2.75, 3.05) is 13.2 Å². The molecule has 0 spiro atoms. The zero-order valence-electron chi connectivity index (χ0n) is 8.43. The minimum absolute atomic E-state index is 0.0541. The average molecular weight is 263 g/mol. The van der Waals surface area contributed by atoms with Gasteiger partial charge in [-0.15, -0.1) is 0 Å². The predicted octanol–water partition coefficient (Wildman–Crippen LogP) is 1.78. The molecule has 0 amide bonds. The first-order valence-electron chi connectivity index (χ1n) is 4.85. The Morgan fingerprint density at radius 3 is 2.50 bits per heavy atom. The molecular formula is C10H11ClO4S. The molecule has 16 heavy (non-hydrogen) atoms. The van der Waals surface area contributed by atoms with Gasteiger partial charge in [0, 0.05) is 17.1 Å². The van der Waals surface area contributed by atoms with E-state index in [2.05, 4.69) is 0 Å². The average Bonchev–Trinajstić information content (AvgIpc) is 2.70. The van der Waals surface area contributed by atoms with Gasteiger partial charge in [0.15, 0.2) is 0 Å². The van der Waals surface area contributed by atoms with E-state index in [1.165, 1.54) is 12.1 Å². The van der Waals surface area contributed by atoms with Crippen LogP contribution in [0, 0.1) is 0 Å². The number of halogens is 1. The molecule has 88 valence electrons. The van der Waals surface area contributed by atoms with Gasteiger partial charge in [0.2, 0.25) is 0 Å². The van der Waals surface area contributed by atoms with Gasteiger partial charge in [0.05, 0.1) is 18.1 Å². The van der Waals surface area contributed by atoms with Crippen LogP contribution in [0.1, 0.15) is 6.42 Å². The summed E-state index contributed by atoms with van der Waals surface area (Å²) in [7, 11) is 1.54. The van der Waals surface area contributed by atoms with Gasteiger partial charge >= 0.3 is 0 Å². The highest BCUT2D eigenvalue weighted by atomic mass is 35.7. The van der Waals surface area contributed by atoms with Crippen molar-refractivity contribution in [1.29, 1.82) is 0 Å². The summed E-state index contributed by atoms with van der Waals surface area (Å²) in [4.78, 5) is 0.0733. The zero-order chi connectivity index (χ0) is 11.6. The van der Waals surface area contributed by atoms with Gasteiger partial charge in [0.25, 0.3) is 9.05 Å². The second-order valence-electron chi connectivity index (χ2n) is 3.51. The maximum absolute atomic E-state index is 11.0. The lowest BCUT2D eigenvalue weighted by Gasteiger charge is -2.11. The molecule has 0 aromatic heterocycles. The molecule has 1 aliphatic heterocycles. The van der Waals surface area contributed by atoms with Crippen LogP contribution < -0.4 is 4.74 Å². The van der Waals surface area contributed by atoms with Crippen molar-refractivity contribution < 1.29 is 17.9 Å². The monoisotopic (exact) mass is 262 g/mol. The van der Waals surface area contributed by atoms with Crippen LogP contribution in [0.25, 0.3) is 0 Å². The summed E-state index contributed by atoms with van der Waals surface area (Å²) in [5.74, 6) is 0.625. The summed E-state index contributed by atoms with van der Waals surface area (Å²) in [6.45, 7) is 1.29. The molecule has 1 aliphatic rings. The van der Waals surface area contributed by atoms with Crippen molar-refractivity contribution in [2.45, 2.75) is 17.4 Å². The lowest BCUT2D eigenvalue weighted by Crippen LogP contribution is -2.15. The molecule has 6 heteroatoms. The Kier molecular flexibility index (Phi) is 3.37. The first kappa shape index (κ1) is 11.7. The van der Waals surface area contributed by atoms with Gasteiger partial charge in [0.1, 0.15) is 11.9 Å². The predicted molar refractivity (Wildman–Crippen MR) is 59.3 cm³/mol. The minimum atomic E-state index is -3.65. The van der Waals surface area contributed by atoms with Crippen molar-refractivity contribution >= 4 is 19.7 Å². The molecule has 0 aliphatic carbocycles. The SMILES string of the molecule is O=S(=O)(Cl)c1ccc(OC2CCOC2)cc1. The smallest absolute Gasteiger partial charge is 0.261 e. The van der Waals surface area contributed by atoms with Crippen LogP contribution in [0.4, 0.5) is 0 Å². The molecule has 0 radical (unpaired) electrons. The highest BCUT2D eigenvalue weighted by molar-refractivity contribution is 8.13. The van der Waals surface area contributed by atoms with E-state index in [9.17, 15) is 8.42 Å². The molecule has 1 aromatic carbocycles. The van der Waals surface area contributed by atoms with Crippen LogP contribution in [-0.2, 0) is 13.8 Å². The summed E-state index contributed by atoms with van der Waals surface area (Å²) < 4.78 is 32.7. The fraction of sp³-hybridized carbons (Fsp3) is 0.400. The Morgan fingerprint density at radius 2 is 2.00 bits per heavy atom. The van der Waals surface area contributed by atoms with Crippen molar-refractivity contribution in [3.05, 3.63) is 24.3 Å². The van der Waals surface area contributed by atoms with Crippen molar-refractivity contribution in [2.24, 2.45) is 0 Å². The number of benzene rings is 1. The van der Waals surface area contributed by atoms with E-state index in [1.54, 1.807) is 12.1 Å². The molecule has 1 saturated heterocycles. The van der Waals surface area contributed by atoms with Crippen LogP contribution in [0.3, 0.4) is 0 Å². The largest absolute Gasteiger partial charge is 0.488 e. The molecule has 1 unspecified atom stereocenters. The van der Waals surface area contributed by atoms with Crippen molar-refractivity contribution in [3.8, 4) is 5.75 Å². The first-order valence-corrected chi connectivity index (χ1v) is 7.16. The number of hydrogen-bond donors (Lipinski definition) is 0. The summed E-state index contributed by atoms with van der Waals surface area (Å²) in [5.41, 5.74) is 0. The van der Waals surface area contributed by atoms with E-state index in [4.69, 9.17) is 20.2 Å². The van der Waals surface area contributed by atoms with Gasteiger partial charge in [-0.2, -0.15) is 0 Å². The Morgan fingerprint density at radius 1 is 1.31 bits per heavy atom. The molecule has 0 N–H and O–H groups in total. The fourth-order valence-corrected chi connectivity index (χ4v) is 2.25. The molecule has 1 heterocycles. The number of ether oxygens (including phenoxy) is 2. The summed E-state index contributed by atoms with van der Waals surface area (Å²) in [6, 6.07) is 6.03. The Hall–Kier alpha value is -0.780. The minimum Gasteiger partial charge on any atom is -0.488 e. The summed E-state index contributed by atoms with van der Waals surface area (Å²) in [6.07, 6.45) is 0.911. The number of rotatable bonds is 3. The van der Waals surface area contributed by atoms with Crippen LogP contribution in [0.5, 0.6) is 5.75 Å². The molecule has 2 rings (SSSR count). The summed E-state index contributed by atoms with van der Waals surface area (Å²) >= 11 is 0. The van der Waals surface area contributed by atoms with E-state index in [0.717, 1.165) is 6.42 Å². The lowest BCUT2D eigenvalue weighted by molar-refractivity contribution is 0.141. The Labute approximate surface area is 98.5 Å². The van der Waals surface area contributed by atoms with E-state index in [1.807, 2.05) is 0 Å². The normalized spacial score (nSPS) is 20.9. The van der Waals surface area contributed by atoms with E-state index >= 15 is 0 Å². The molecular weight excluding hydrogens is 252 g/mol. The van der Waals surface area contributed by atoms with Gasteiger partial charge < -0.3 is 9.47 Å². The Bertz CT molecular complexity index is 448. The van der Waals surface area contributed by atoms with E-state index in [-0.39, 0.29) is 11.0 Å². The molecule has 0 bridgehead atoms. The first-order chi connectivity index (χ1) is 7.55. The van der Waals surface area contributed by atoms with Crippen LogP contribution >= 0.6 is 10.7 Å². The third-order valence-corrected chi connectivity index (χ3v) is 3.67. The second-order valence-corrected chi connectivity index (χ2v) is 6.08. The van der Waals surface area contributed by atoms with Crippen LogP contribution in [-0.4, -0.2) is 27.7 Å². The lowest BCUT2D eigenvalue weighted by atomic mass is 10.3.